The zero-order chi connectivity index (χ0) is 14.7. The largest absolute Gasteiger partial charge is 0.399 e. The second kappa shape index (κ2) is 5.87. The van der Waals surface area contributed by atoms with Gasteiger partial charge >= 0.3 is 0 Å². The number of benzene rings is 1. The average molecular weight is 307 g/mol. The summed E-state index contributed by atoms with van der Waals surface area (Å²) in [5.41, 5.74) is 6.79. The first-order valence-electron chi connectivity index (χ1n) is 5.42. The smallest absolute Gasteiger partial charge is 0.240 e. The van der Waals surface area contributed by atoms with Crippen molar-refractivity contribution < 1.29 is 16.8 Å². The van der Waals surface area contributed by atoms with E-state index in [4.69, 9.17) is 5.73 Å². The summed E-state index contributed by atoms with van der Waals surface area (Å²) in [6.45, 7) is 1.67. The fourth-order valence-corrected chi connectivity index (χ4v) is 2.91. The number of nitrogens with one attached hydrogen (secondary N) is 2. The molecule has 0 amide bonds. The van der Waals surface area contributed by atoms with Gasteiger partial charge in [0, 0.05) is 18.8 Å². The standard InChI is InChI=1S/C10H17N3O4S2/c1-8-7-9(3-4-10(8)11)19(16,17)13-6-5-12-18(2,14)15/h3-4,7,12-13H,5-6,11H2,1-2H3. The van der Waals surface area contributed by atoms with Crippen molar-refractivity contribution in [1.82, 2.24) is 9.44 Å². The van der Waals surface area contributed by atoms with E-state index < -0.39 is 20.0 Å². The Hall–Kier alpha value is -1.16. The molecule has 0 bridgehead atoms. The molecule has 0 atom stereocenters. The molecule has 1 aromatic carbocycles. The zero-order valence-electron chi connectivity index (χ0n) is 10.7. The number of nitrogen functional groups attached to an aromatic ring is 1. The molecule has 0 aliphatic carbocycles. The van der Waals surface area contributed by atoms with Gasteiger partial charge in [0.15, 0.2) is 0 Å². The lowest BCUT2D eigenvalue weighted by molar-refractivity contribution is 0.573. The van der Waals surface area contributed by atoms with Crippen LogP contribution < -0.4 is 15.2 Å². The van der Waals surface area contributed by atoms with E-state index in [1.54, 1.807) is 6.92 Å². The molecule has 7 nitrogen and oxygen atoms in total. The first-order chi connectivity index (χ1) is 8.62. The third-order valence-corrected chi connectivity index (χ3v) is 4.52. The number of hydrogen-bond acceptors (Lipinski definition) is 5. The number of nitrogens with two attached hydrogens (primary N) is 1. The predicted octanol–water partition coefficient (Wildman–Crippen LogP) is -0.595. The summed E-state index contributed by atoms with van der Waals surface area (Å²) in [4.78, 5) is 0.0959. The normalized spacial score (nSPS) is 12.5. The molecule has 0 fully saturated rings. The van der Waals surface area contributed by atoms with Crippen LogP contribution in [0.15, 0.2) is 23.1 Å². The maximum atomic E-state index is 11.9. The summed E-state index contributed by atoms with van der Waals surface area (Å²) < 4.78 is 49.9. The molecule has 1 rings (SSSR count). The molecule has 0 radical (unpaired) electrons. The van der Waals surface area contributed by atoms with Gasteiger partial charge in [0.25, 0.3) is 0 Å². The minimum Gasteiger partial charge on any atom is -0.399 e. The molecule has 0 saturated heterocycles. The summed E-state index contributed by atoms with van der Waals surface area (Å²) in [5.74, 6) is 0. The molecule has 108 valence electrons. The van der Waals surface area contributed by atoms with Crippen molar-refractivity contribution >= 4 is 25.7 Å². The van der Waals surface area contributed by atoms with E-state index >= 15 is 0 Å². The van der Waals surface area contributed by atoms with Gasteiger partial charge < -0.3 is 5.73 Å². The van der Waals surface area contributed by atoms with Gasteiger partial charge in [0.2, 0.25) is 20.0 Å². The maximum Gasteiger partial charge on any atom is 0.240 e. The van der Waals surface area contributed by atoms with Gasteiger partial charge in [-0.15, -0.1) is 0 Å². The minimum atomic E-state index is -3.66. The van der Waals surface area contributed by atoms with Crippen LogP contribution >= 0.6 is 0 Å². The zero-order valence-corrected chi connectivity index (χ0v) is 12.3. The molecule has 9 heteroatoms. The van der Waals surface area contributed by atoms with Gasteiger partial charge in [0.05, 0.1) is 11.2 Å². The van der Waals surface area contributed by atoms with Crippen LogP contribution in [0.3, 0.4) is 0 Å². The molecule has 0 unspecified atom stereocenters. The van der Waals surface area contributed by atoms with E-state index in [0.29, 0.717) is 11.3 Å². The molecule has 1 aromatic rings. The molecule has 0 heterocycles. The molecule has 19 heavy (non-hydrogen) atoms. The first kappa shape index (κ1) is 15.9. The van der Waals surface area contributed by atoms with E-state index in [1.165, 1.54) is 18.2 Å². The highest BCUT2D eigenvalue weighted by Gasteiger charge is 2.14. The summed E-state index contributed by atoms with van der Waals surface area (Å²) in [6.07, 6.45) is 1.00. The Bertz CT molecular complexity index is 653. The van der Waals surface area contributed by atoms with Crippen molar-refractivity contribution in [1.29, 1.82) is 0 Å². The van der Waals surface area contributed by atoms with E-state index in [0.717, 1.165) is 6.26 Å². The van der Waals surface area contributed by atoms with Gasteiger partial charge in [0.1, 0.15) is 0 Å². The van der Waals surface area contributed by atoms with E-state index in [-0.39, 0.29) is 18.0 Å². The Morgan fingerprint density at radius 3 is 2.21 bits per heavy atom. The van der Waals surface area contributed by atoms with Crippen molar-refractivity contribution in [3.63, 3.8) is 0 Å². The van der Waals surface area contributed by atoms with Gasteiger partial charge in [-0.1, -0.05) is 0 Å². The number of aryl methyl sites for hydroxylation is 1. The third kappa shape index (κ3) is 5.15. The fraction of sp³-hybridized carbons (Fsp3) is 0.400. The highest BCUT2D eigenvalue weighted by molar-refractivity contribution is 7.89. The SMILES string of the molecule is Cc1cc(S(=O)(=O)NCCNS(C)(=O)=O)ccc1N. The summed E-state index contributed by atoms with van der Waals surface area (Å²) in [7, 11) is -6.98. The highest BCUT2D eigenvalue weighted by Crippen LogP contribution is 2.16. The molecular weight excluding hydrogens is 290 g/mol. The van der Waals surface area contributed by atoms with Crippen LogP contribution in [0.25, 0.3) is 0 Å². The van der Waals surface area contributed by atoms with Crippen LogP contribution in [0.5, 0.6) is 0 Å². The highest BCUT2D eigenvalue weighted by atomic mass is 32.2. The topological polar surface area (TPSA) is 118 Å². The summed E-state index contributed by atoms with van der Waals surface area (Å²) in [6, 6.07) is 4.37. The Morgan fingerprint density at radius 1 is 1.11 bits per heavy atom. The van der Waals surface area contributed by atoms with E-state index in [1.807, 2.05) is 0 Å². The van der Waals surface area contributed by atoms with E-state index in [9.17, 15) is 16.8 Å². The van der Waals surface area contributed by atoms with Crippen LogP contribution in [0.1, 0.15) is 5.56 Å². The van der Waals surface area contributed by atoms with Crippen molar-refractivity contribution in [3.05, 3.63) is 23.8 Å². The molecule has 4 N–H and O–H groups in total. The molecule has 0 spiro atoms. The van der Waals surface area contributed by atoms with E-state index in [2.05, 4.69) is 9.44 Å². The van der Waals surface area contributed by atoms with Gasteiger partial charge in [-0.2, -0.15) is 0 Å². The molecular formula is C10H17N3O4S2. The summed E-state index contributed by atoms with van der Waals surface area (Å²) in [5, 5.41) is 0. The minimum absolute atomic E-state index is 0.00792. The van der Waals surface area contributed by atoms with Gasteiger partial charge in [-0.3, -0.25) is 0 Å². The molecule has 0 aliphatic rings. The van der Waals surface area contributed by atoms with Crippen LogP contribution in [0.2, 0.25) is 0 Å². The quantitative estimate of drug-likeness (QED) is 0.479. The second-order valence-corrected chi connectivity index (χ2v) is 7.68. The fourth-order valence-electron chi connectivity index (χ4n) is 1.32. The van der Waals surface area contributed by atoms with Crippen LogP contribution in [-0.2, 0) is 20.0 Å². The number of anilines is 1. The predicted molar refractivity (Wildman–Crippen MR) is 73.6 cm³/mol. The first-order valence-corrected chi connectivity index (χ1v) is 8.80. The maximum absolute atomic E-state index is 11.9. The Kier molecular flexibility index (Phi) is 4.91. The van der Waals surface area contributed by atoms with Crippen molar-refractivity contribution in [2.45, 2.75) is 11.8 Å². The monoisotopic (exact) mass is 307 g/mol. The van der Waals surface area contributed by atoms with Gasteiger partial charge in [-0.05, 0) is 30.7 Å². The number of hydrogen-bond donors (Lipinski definition) is 3. The number of rotatable bonds is 6. The van der Waals surface area contributed by atoms with Gasteiger partial charge in [-0.25, -0.2) is 26.3 Å². The van der Waals surface area contributed by atoms with Crippen LogP contribution in [0, 0.1) is 6.92 Å². The summed E-state index contributed by atoms with van der Waals surface area (Å²) >= 11 is 0. The lowest BCUT2D eigenvalue weighted by atomic mass is 10.2. The van der Waals surface area contributed by atoms with Crippen LogP contribution in [-0.4, -0.2) is 36.2 Å². The Labute approximate surface area is 113 Å². The molecule has 0 aliphatic heterocycles. The average Bonchev–Trinajstić information content (AvgIpc) is 2.27. The van der Waals surface area contributed by atoms with Crippen molar-refractivity contribution in [2.75, 3.05) is 25.1 Å². The second-order valence-electron chi connectivity index (χ2n) is 4.08. The lowest BCUT2D eigenvalue weighted by Gasteiger charge is -2.08. The number of sulfonamides is 2. The van der Waals surface area contributed by atoms with Crippen molar-refractivity contribution in [2.24, 2.45) is 0 Å². The molecule has 0 saturated carbocycles. The Morgan fingerprint density at radius 2 is 1.68 bits per heavy atom. The lowest BCUT2D eigenvalue weighted by Crippen LogP contribution is -2.34. The Balaban J connectivity index is 2.68. The van der Waals surface area contributed by atoms with Crippen molar-refractivity contribution in [3.8, 4) is 0 Å². The molecule has 0 aromatic heterocycles. The van der Waals surface area contributed by atoms with Crippen LogP contribution in [0.4, 0.5) is 5.69 Å². The third-order valence-electron chi connectivity index (χ3n) is 2.33.